The van der Waals surface area contributed by atoms with Crippen LogP contribution >= 0.6 is 23.1 Å². The molecule has 0 amide bonds. The lowest BCUT2D eigenvalue weighted by atomic mass is 10.3. The summed E-state index contributed by atoms with van der Waals surface area (Å²) >= 11 is 3.12. The molecule has 3 aromatic heterocycles. The number of likely N-dealkylation sites (N-methyl/N-ethyl adjacent to an activating group) is 1. The minimum Gasteiger partial charge on any atom is -0.476 e. The van der Waals surface area contributed by atoms with Crippen LogP contribution in [0.5, 0.6) is 5.88 Å². The summed E-state index contributed by atoms with van der Waals surface area (Å²) in [5, 5.41) is 1.49. The molecule has 0 saturated carbocycles. The van der Waals surface area contributed by atoms with E-state index in [0.29, 0.717) is 35.0 Å². The van der Waals surface area contributed by atoms with Crippen molar-refractivity contribution in [2.75, 3.05) is 57.8 Å². The number of nitrogen functional groups attached to an aromatic ring is 2. The Morgan fingerprint density at radius 1 is 1.09 bits per heavy atom. The number of rotatable bonds is 8. The van der Waals surface area contributed by atoms with Crippen molar-refractivity contribution in [2.45, 2.75) is 17.8 Å². The van der Waals surface area contributed by atoms with Crippen LogP contribution in [0.2, 0.25) is 0 Å². The molecule has 0 unspecified atom stereocenters. The maximum absolute atomic E-state index is 5.93. The van der Waals surface area contributed by atoms with E-state index in [1.54, 1.807) is 23.6 Å². The molecular formula is C21H28N8OS2. The summed E-state index contributed by atoms with van der Waals surface area (Å²) in [6, 6.07) is 5.47. The second-order valence-corrected chi connectivity index (χ2v) is 9.83. The summed E-state index contributed by atoms with van der Waals surface area (Å²) in [7, 11) is 2.16. The molecule has 4 N–H and O–H groups in total. The summed E-state index contributed by atoms with van der Waals surface area (Å²) in [4.78, 5) is 23.5. The molecule has 32 heavy (non-hydrogen) atoms. The van der Waals surface area contributed by atoms with Gasteiger partial charge in [-0.05, 0) is 20.0 Å². The number of thioether (sulfide) groups is 1. The molecule has 1 aliphatic heterocycles. The van der Waals surface area contributed by atoms with Crippen LogP contribution in [0.25, 0.3) is 10.6 Å². The number of nitrogens with zero attached hydrogens (tertiary/aromatic N) is 6. The van der Waals surface area contributed by atoms with Crippen molar-refractivity contribution in [3.63, 3.8) is 0 Å². The van der Waals surface area contributed by atoms with Gasteiger partial charge in [0.25, 0.3) is 0 Å². The van der Waals surface area contributed by atoms with Gasteiger partial charge in [-0.3, -0.25) is 4.90 Å². The van der Waals surface area contributed by atoms with E-state index in [-0.39, 0.29) is 0 Å². The third kappa shape index (κ3) is 6.06. The third-order valence-electron chi connectivity index (χ3n) is 5.21. The lowest BCUT2D eigenvalue weighted by Gasteiger charge is -2.32. The Balaban J connectivity index is 1.35. The lowest BCUT2D eigenvalue weighted by Crippen LogP contribution is -2.45. The second kappa shape index (κ2) is 10.4. The van der Waals surface area contributed by atoms with Gasteiger partial charge in [0.05, 0.1) is 5.69 Å². The Labute approximate surface area is 196 Å². The molecule has 9 nitrogen and oxygen atoms in total. The maximum atomic E-state index is 5.93. The molecule has 0 spiro atoms. The first-order valence-electron chi connectivity index (χ1n) is 10.5. The van der Waals surface area contributed by atoms with E-state index in [0.717, 1.165) is 53.9 Å². The van der Waals surface area contributed by atoms with Gasteiger partial charge in [0.2, 0.25) is 5.88 Å². The molecule has 0 radical (unpaired) electrons. The number of hydrogen-bond acceptors (Lipinski definition) is 11. The van der Waals surface area contributed by atoms with Gasteiger partial charge in [0, 0.05) is 67.2 Å². The molecule has 0 aliphatic carbocycles. The van der Waals surface area contributed by atoms with E-state index >= 15 is 0 Å². The summed E-state index contributed by atoms with van der Waals surface area (Å²) in [6.07, 6.45) is 1.77. The highest BCUT2D eigenvalue weighted by Crippen LogP contribution is 2.32. The fraction of sp³-hybridized carbons (Fsp3) is 0.429. The number of thiazole rings is 1. The summed E-state index contributed by atoms with van der Waals surface area (Å²) in [5.41, 5.74) is 13.5. The summed E-state index contributed by atoms with van der Waals surface area (Å²) < 4.78 is 5.93. The van der Waals surface area contributed by atoms with Crippen molar-refractivity contribution < 1.29 is 4.74 Å². The number of nitrogens with two attached hydrogens (primary N) is 2. The Bertz CT molecular complexity index is 1030. The monoisotopic (exact) mass is 472 g/mol. The quantitative estimate of drug-likeness (QED) is 0.373. The second-order valence-electron chi connectivity index (χ2n) is 7.69. The van der Waals surface area contributed by atoms with E-state index < -0.39 is 0 Å². The molecule has 1 fully saturated rings. The molecule has 0 bridgehead atoms. The van der Waals surface area contributed by atoms with Crippen LogP contribution in [0.3, 0.4) is 0 Å². The van der Waals surface area contributed by atoms with Crippen LogP contribution in [0.15, 0.2) is 29.6 Å². The van der Waals surface area contributed by atoms with Crippen molar-refractivity contribution in [1.29, 1.82) is 0 Å². The number of aryl methyl sites for hydroxylation is 1. The number of hydrogen-bond donors (Lipinski definition) is 2. The fourth-order valence-electron chi connectivity index (χ4n) is 3.32. The van der Waals surface area contributed by atoms with Gasteiger partial charge < -0.3 is 21.1 Å². The Morgan fingerprint density at radius 2 is 1.84 bits per heavy atom. The van der Waals surface area contributed by atoms with Gasteiger partial charge in [-0.1, -0.05) is 11.8 Å². The van der Waals surface area contributed by atoms with Crippen molar-refractivity contribution in [3.8, 4) is 16.5 Å². The lowest BCUT2D eigenvalue weighted by molar-refractivity contribution is 0.132. The Hall–Kier alpha value is -2.47. The number of piperazine rings is 1. The molecule has 170 valence electrons. The molecule has 4 rings (SSSR count). The molecule has 4 heterocycles. The minimum atomic E-state index is 0.368. The summed E-state index contributed by atoms with van der Waals surface area (Å²) in [5.74, 6) is 2.01. The highest BCUT2D eigenvalue weighted by Gasteiger charge is 2.14. The minimum absolute atomic E-state index is 0.368. The first-order valence-corrected chi connectivity index (χ1v) is 12.3. The van der Waals surface area contributed by atoms with E-state index in [1.165, 1.54) is 11.8 Å². The van der Waals surface area contributed by atoms with Crippen LogP contribution in [0.4, 0.5) is 11.6 Å². The average Bonchev–Trinajstić information content (AvgIpc) is 3.14. The molecule has 11 heteroatoms. The van der Waals surface area contributed by atoms with Gasteiger partial charge in [-0.25, -0.2) is 19.9 Å². The van der Waals surface area contributed by atoms with Gasteiger partial charge in [-0.15, -0.1) is 11.3 Å². The van der Waals surface area contributed by atoms with E-state index in [2.05, 4.69) is 38.7 Å². The van der Waals surface area contributed by atoms with Crippen LogP contribution in [-0.4, -0.2) is 76.1 Å². The van der Waals surface area contributed by atoms with Crippen LogP contribution in [0.1, 0.15) is 10.6 Å². The smallest absolute Gasteiger partial charge is 0.213 e. The molecule has 3 aromatic rings. The third-order valence-corrected chi connectivity index (χ3v) is 7.13. The van der Waals surface area contributed by atoms with Gasteiger partial charge in [0.1, 0.15) is 23.3 Å². The topological polar surface area (TPSA) is 119 Å². The SMILES string of the molecule is Cc1sc(-c2ccnc(OCCN3CCN(C)CC3)c2)nc1CSc1nc(N)cc(N)n1. The number of anilines is 2. The average molecular weight is 473 g/mol. The van der Waals surface area contributed by atoms with Gasteiger partial charge in [-0.2, -0.15) is 0 Å². The van der Waals surface area contributed by atoms with Crippen LogP contribution < -0.4 is 16.2 Å². The fourth-order valence-corrected chi connectivity index (χ4v) is 5.22. The highest BCUT2D eigenvalue weighted by molar-refractivity contribution is 7.98. The van der Waals surface area contributed by atoms with Crippen molar-refractivity contribution in [3.05, 3.63) is 35.0 Å². The standard InChI is InChI=1S/C21H28N8OS2/c1-14-16(13-31-21-26-17(22)12-18(23)27-21)25-20(32-14)15-3-4-24-19(11-15)30-10-9-29-7-5-28(2)6-8-29/h3-4,11-12H,5-10,13H2,1-2H3,(H4,22,23,26,27). The zero-order valence-electron chi connectivity index (χ0n) is 18.3. The van der Waals surface area contributed by atoms with Crippen molar-refractivity contribution in [2.24, 2.45) is 0 Å². The molecule has 1 saturated heterocycles. The first kappa shape index (κ1) is 22.7. The molecule has 0 atom stereocenters. The van der Waals surface area contributed by atoms with Crippen LogP contribution in [-0.2, 0) is 5.75 Å². The molecule has 1 aliphatic rings. The van der Waals surface area contributed by atoms with Crippen molar-refractivity contribution >= 4 is 34.7 Å². The zero-order valence-corrected chi connectivity index (χ0v) is 20.0. The van der Waals surface area contributed by atoms with Crippen LogP contribution in [0, 0.1) is 6.92 Å². The molecule has 0 aromatic carbocycles. The van der Waals surface area contributed by atoms with E-state index in [4.69, 9.17) is 21.2 Å². The predicted octanol–water partition coefficient (Wildman–Crippen LogP) is 2.39. The van der Waals surface area contributed by atoms with Crippen molar-refractivity contribution in [1.82, 2.24) is 29.7 Å². The Morgan fingerprint density at radius 3 is 2.59 bits per heavy atom. The predicted molar refractivity (Wildman–Crippen MR) is 130 cm³/mol. The zero-order chi connectivity index (χ0) is 22.5. The normalized spacial score (nSPS) is 15.2. The number of pyridine rings is 1. The van der Waals surface area contributed by atoms with E-state index in [9.17, 15) is 0 Å². The Kier molecular flexibility index (Phi) is 7.40. The van der Waals surface area contributed by atoms with Gasteiger partial charge in [0.15, 0.2) is 5.16 Å². The summed E-state index contributed by atoms with van der Waals surface area (Å²) in [6.45, 7) is 7.99. The largest absolute Gasteiger partial charge is 0.476 e. The number of aromatic nitrogens is 4. The molecular weight excluding hydrogens is 444 g/mol. The first-order chi connectivity index (χ1) is 15.5. The maximum Gasteiger partial charge on any atom is 0.213 e. The highest BCUT2D eigenvalue weighted by atomic mass is 32.2. The number of ether oxygens (including phenoxy) is 1. The van der Waals surface area contributed by atoms with E-state index in [1.807, 2.05) is 12.1 Å². The van der Waals surface area contributed by atoms with Gasteiger partial charge >= 0.3 is 0 Å².